The number of aromatic hydroxyl groups is 2. The van der Waals surface area contributed by atoms with Gasteiger partial charge < -0.3 is 44.5 Å². The number of rotatable bonds is 11. The van der Waals surface area contributed by atoms with Gasteiger partial charge in [-0.1, -0.05) is 32.9 Å². The van der Waals surface area contributed by atoms with Crippen LogP contribution in [0.4, 0.5) is 9.18 Å². The number of aliphatic hydroxyl groups is 1. The number of carbonyl (C=O) groups excluding carboxylic acids is 3. The van der Waals surface area contributed by atoms with Crippen LogP contribution in [0.15, 0.2) is 58.1 Å². The van der Waals surface area contributed by atoms with Crippen molar-refractivity contribution < 1.29 is 43.6 Å². The van der Waals surface area contributed by atoms with Crippen molar-refractivity contribution in [3.05, 3.63) is 120 Å². The number of pyridine rings is 2. The molecule has 0 spiro atoms. The third-order valence-electron chi connectivity index (χ3n) is 16.5. The summed E-state index contributed by atoms with van der Waals surface area (Å²) in [6, 6.07) is 13.2. The van der Waals surface area contributed by atoms with E-state index in [1.165, 1.54) is 26.8 Å². The number of aryl methyl sites for hydroxylation is 1. The first-order valence-corrected chi connectivity index (χ1v) is 26.1. The van der Waals surface area contributed by atoms with Crippen LogP contribution in [0.25, 0.3) is 39.4 Å². The molecule has 3 aromatic heterocycles. The van der Waals surface area contributed by atoms with Crippen LogP contribution in [0.3, 0.4) is 0 Å². The van der Waals surface area contributed by atoms with Gasteiger partial charge in [-0.2, -0.15) is 5.10 Å². The van der Waals surface area contributed by atoms with Gasteiger partial charge in [-0.25, -0.2) is 33.4 Å². The number of nitrogens with one attached hydrogen (secondary N) is 2. The van der Waals surface area contributed by atoms with Crippen molar-refractivity contribution in [2.24, 2.45) is 11.8 Å². The maximum Gasteiger partial charge on any atom is 0.410 e. The van der Waals surface area contributed by atoms with Gasteiger partial charge in [-0.15, -0.1) is 0 Å². The molecule has 6 aromatic rings. The number of hydrogen-bond acceptors (Lipinski definition) is 13. The lowest BCUT2D eigenvalue weighted by atomic mass is 9.81. The molecule has 18 nitrogen and oxygen atoms in total. The second-order valence-corrected chi connectivity index (χ2v) is 21.3. The number of phenolic OH excluding ortho intramolecular Hbond substituents is 2. The summed E-state index contributed by atoms with van der Waals surface area (Å²) < 4.78 is 29.2. The van der Waals surface area contributed by atoms with Crippen LogP contribution >= 0.6 is 0 Å². The highest BCUT2D eigenvalue weighted by molar-refractivity contribution is 5.94. The Bertz CT molecular complexity index is 3420. The number of cyclic esters (lactones) is 1. The maximum atomic E-state index is 15.4. The lowest BCUT2D eigenvalue weighted by molar-refractivity contribution is -0.172. The van der Waals surface area contributed by atoms with E-state index in [1.807, 2.05) is 38.1 Å². The standard InChI is InChI=1S/C56H61FN8O10/c1-5-56(73)40-22-44-50-38(26-64(44)52(69)39(40)27-74-53(56)70)49-42(11-10-35-30(4)41(57)23-43(59-50)48(35)49)58-47(68)28-75-55(72)63-18-14-33(15-19-63)25-62-16-12-32(13-17-62)20-31-6-8-34(9-7-31)65-51(60-61-54(65)71)37-21-36(29(2)3)45(66)24-46(37)67/h6-9,21-24,29,32-33,42,66-67,73H,5,10-20,25-28H2,1-4H3,(H,58,68)(H,61,71)/t42-,56-/m0/s1. The molecule has 2 amide bonds. The fraction of sp³-hybridized carbons (Fsp3) is 0.446. The lowest BCUT2D eigenvalue weighted by Crippen LogP contribution is -2.44. The number of amides is 2. The van der Waals surface area contributed by atoms with Crippen LogP contribution in [-0.4, -0.2) is 107 Å². The van der Waals surface area contributed by atoms with Crippen LogP contribution in [0, 0.1) is 24.6 Å². The third kappa shape index (κ3) is 8.82. The number of likely N-dealkylation sites (tertiary alicyclic amines) is 2. The zero-order valence-corrected chi connectivity index (χ0v) is 42.5. The second-order valence-electron chi connectivity index (χ2n) is 21.3. The molecule has 5 aliphatic rings. The summed E-state index contributed by atoms with van der Waals surface area (Å²) in [5.74, 6) is -0.765. The van der Waals surface area contributed by atoms with Crippen LogP contribution in [-0.2, 0) is 50.7 Å². The van der Waals surface area contributed by atoms with E-state index in [4.69, 9.17) is 14.5 Å². The van der Waals surface area contributed by atoms with Gasteiger partial charge in [-0.3, -0.25) is 9.59 Å². The molecule has 75 heavy (non-hydrogen) atoms. The van der Waals surface area contributed by atoms with E-state index >= 15 is 4.39 Å². The van der Waals surface area contributed by atoms with Gasteiger partial charge in [0.15, 0.2) is 18.0 Å². The molecular weight excluding hydrogens is 964 g/mol. The number of carbonyl (C=O) groups is 3. The number of halogens is 1. The molecule has 11 rings (SSSR count). The van der Waals surface area contributed by atoms with Gasteiger partial charge in [0, 0.05) is 48.3 Å². The average molecular weight is 1030 g/mol. The van der Waals surface area contributed by atoms with Gasteiger partial charge in [-0.05, 0) is 141 Å². The number of nitrogens with zero attached hydrogens (tertiary/aromatic N) is 6. The Morgan fingerprint density at radius 1 is 0.947 bits per heavy atom. The minimum atomic E-state index is -2.01. The minimum Gasteiger partial charge on any atom is -0.508 e. The fourth-order valence-corrected chi connectivity index (χ4v) is 12.3. The molecule has 2 atom stereocenters. The molecule has 1 aliphatic carbocycles. The van der Waals surface area contributed by atoms with Crippen LogP contribution in [0.1, 0.15) is 116 Å². The van der Waals surface area contributed by atoms with E-state index in [0.29, 0.717) is 93.6 Å². The number of ether oxygens (including phenoxy) is 2. The summed E-state index contributed by atoms with van der Waals surface area (Å²) in [5.41, 5.74) is 4.04. The molecular formula is C56H61FN8O10. The third-order valence-corrected chi connectivity index (χ3v) is 16.5. The van der Waals surface area contributed by atoms with Crippen LogP contribution < -0.4 is 16.6 Å². The van der Waals surface area contributed by atoms with Crippen molar-refractivity contribution in [2.75, 3.05) is 39.3 Å². The topological polar surface area (TPSA) is 234 Å². The average Bonchev–Trinajstić information content (AvgIpc) is 4.04. The number of phenols is 2. The number of aromatic nitrogens is 5. The molecule has 392 valence electrons. The monoisotopic (exact) mass is 1020 g/mol. The zero-order chi connectivity index (χ0) is 52.6. The maximum absolute atomic E-state index is 15.4. The SMILES string of the molecule is CC[C@@]1(O)C(=O)OCc2c1cc1n(c2=O)Cc2c-1nc1cc(F)c(C)c3c1c2[C@@H](NC(=O)COC(=O)N1CCC(CN2CCC(Cc4ccc(-n5c(-c6cc(C(C)C)c(O)cc6O)n[nH]c5=O)cc4)CC2)CC1)CC3. The molecule has 2 saturated heterocycles. The van der Waals surface area contributed by atoms with E-state index in [1.54, 1.807) is 30.9 Å². The highest BCUT2D eigenvalue weighted by Crippen LogP contribution is 2.46. The summed E-state index contributed by atoms with van der Waals surface area (Å²) in [4.78, 5) is 75.8. The van der Waals surface area contributed by atoms with Crippen LogP contribution in [0.5, 0.6) is 11.5 Å². The summed E-state index contributed by atoms with van der Waals surface area (Å²) in [6.07, 6.45) is 4.98. The highest BCUT2D eigenvalue weighted by atomic mass is 19.1. The second kappa shape index (κ2) is 19.4. The minimum absolute atomic E-state index is 0.0109. The van der Waals surface area contributed by atoms with E-state index < -0.39 is 53.3 Å². The first-order chi connectivity index (χ1) is 36.0. The Balaban J connectivity index is 0.673. The Labute approximate surface area is 431 Å². The number of H-pyrrole nitrogens is 1. The number of fused-ring (bicyclic) bond motifs is 5. The molecule has 0 saturated carbocycles. The number of piperidine rings is 2. The molecule has 7 heterocycles. The summed E-state index contributed by atoms with van der Waals surface area (Å²) in [5, 5.41) is 43.0. The van der Waals surface area contributed by atoms with E-state index in [2.05, 4.69) is 20.4 Å². The van der Waals surface area contributed by atoms with E-state index in [0.717, 1.165) is 57.3 Å². The molecule has 0 unspecified atom stereocenters. The number of esters is 1. The predicted molar refractivity (Wildman–Crippen MR) is 274 cm³/mol. The van der Waals surface area contributed by atoms with Crippen LogP contribution in [0.2, 0.25) is 0 Å². The number of aromatic amines is 1. The molecule has 3 aromatic carbocycles. The summed E-state index contributed by atoms with van der Waals surface area (Å²) in [7, 11) is 0. The Morgan fingerprint density at radius 2 is 1.68 bits per heavy atom. The predicted octanol–water partition coefficient (Wildman–Crippen LogP) is 6.51. The Morgan fingerprint density at radius 3 is 2.40 bits per heavy atom. The van der Waals surface area contributed by atoms with Crippen molar-refractivity contribution in [1.82, 2.24) is 39.4 Å². The molecule has 5 N–H and O–H groups in total. The van der Waals surface area contributed by atoms with Crippen molar-refractivity contribution in [2.45, 2.75) is 110 Å². The smallest absolute Gasteiger partial charge is 0.410 e. The van der Waals surface area contributed by atoms with Gasteiger partial charge >= 0.3 is 17.8 Å². The van der Waals surface area contributed by atoms with E-state index in [-0.39, 0.29) is 53.9 Å². The first-order valence-electron chi connectivity index (χ1n) is 26.1. The quantitative estimate of drug-likeness (QED) is 0.0871. The zero-order valence-electron chi connectivity index (χ0n) is 42.5. The number of benzene rings is 3. The molecule has 2 fully saturated rings. The molecule has 19 heteroatoms. The van der Waals surface area contributed by atoms with Crippen molar-refractivity contribution in [1.29, 1.82) is 0 Å². The summed E-state index contributed by atoms with van der Waals surface area (Å²) >= 11 is 0. The Hall–Kier alpha value is -7.38. The molecule has 4 aliphatic heterocycles. The largest absolute Gasteiger partial charge is 0.508 e. The molecule has 0 radical (unpaired) electrons. The van der Waals surface area contributed by atoms with Crippen molar-refractivity contribution in [3.63, 3.8) is 0 Å². The number of hydrogen-bond donors (Lipinski definition) is 5. The fourth-order valence-electron chi connectivity index (χ4n) is 12.3. The van der Waals surface area contributed by atoms with E-state index in [9.17, 15) is 39.3 Å². The first kappa shape index (κ1) is 49.8. The Kier molecular flexibility index (Phi) is 12.9. The van der Waals surface area contributed by atoms with Gasteiger partial charge in [0.05, 0.1) is 46.3 Å². The van der Waals surface area contributed by atoms with Gasteiger partial charge in [0.1, 0.15) is 23.9 Å². The van der Waals surface area contributed by atoms with Crippen molar-refractivity contribution in [3.8, 4) is 40.0 Å². The lowest BCUT2D eigenvalue weighted by Gasteiger charge is -2.37. The van der Waals surface area contributed by atoms with Crippen molar-refractivity contribution >= 4 is 28.9 Å². The summed E-state index contributed by atoms with van der Waals surface area (Å²) in [6.45, 7) is 10.5. The van der Waals surface area contributed by atoms with Gasteiger partial charge in [0.25, 0.3) is 11.5 Å². The van der Waals surface area contributed by atoms with Gasteiger partial charge in [0.2, 0.25) is 0 Å². The normalized spacial score (nSPS) is 19.7. The highest BCUT2D eigenvalue weighted by Gasteiger charge is 2.46. The molecule has 0 bridgehead atoms.